The first kappa shape index (κ1) is 13.5. The third-order valence-electron chi connectivity index (χ3n) is 5.03. The minimum Gasteiger partial charge on any atom is -0.388 e. The maximum Gasteiger partial charge on any atom is 0.0830 e. The van der Waals surface area contributed by atoms with Crippen molar-refractivity contribution < 1.29 is 5.11 Å². The quantitative estimate of drug-likeness (QED) is 0.812. The van der Waals surface area contributed by atoms with Gasteiger partial charge in [0, 0.05) is 23.7 Å². The monoisotopic (exact) mass is 288 g/mol. The van der Waals surface area contributed by atoms with E-state index in [9.17, 15) is 5.11 Å². The summed E-state index contributed by atoms with van der Waals surface area (Å²) in [6, 6.07) is 0. The van der Waals surface area contributed by atoms with Crippen molar-refractivity contribution in [1.82, 2.24) is 0 Å². The second kappa shape index (κ2) is 5.58. The molecule has 0 bridgehead atoms. The van der Waals surface area contributed by atoms with Crippen molar-refractivity contribution in [2.45, 2.75) is 6.10 Å². The number of hydrogen-bond acceptors (Lipinski definition) is 1. The van der Waals surface area contributed by atoms with Gasteiger partial charge in [-0.05, 0) is 11.1 Å². The van der Waals surface area contributed by atoms with Crippen LogP contribution in [0.15, 0.2) is 96.2 Å². The summed E-state index contributed by atoms with van der Waals surface area (Å²) in [6.07, 6.45) is 29.4. The number of hydrogen-bond donors (Lipinski definition) is 1. The van der Waals surface area contributed by atoms with Gasteiger partial charge in [-0.2, -0.15) is 0 Å². The molecular formula is C21H20O. The van der Waals surface area contributed by atoms with Crippen molar-refractivity contribution in [2.24, 2.45) is 23.7 Å². The van der Waals surface area contributed by atoms with Gasteiger partial charge in [0.25, 0.3) is 0 Å². The summed E-state index contributed by atoms with van der Waals surface area (Å²) in [4.78, 5) is 0. The van der Waals surface area contributed by atoms with Gasteiger partial charge >= 0.3 is 0 Å². The Hall–Kier alpha value is -2.12. The number of allylic oxidation sites excluding steroid dienone is 14. The standard InChI is InChI=1S/C21H20O/c22-21(19-13-5-9-15-7-1-3-11-17(15)19)20-14-6-10-16-8-2-4-12-18(16)20/h1-15,17-18,20-22H. The summed E-state index contributed by atoms with van der Waals surface area (Å²) in [5, 5.41) is 11.1. The summed E-state index contributed by atoms with van der Waals surface area (Å²) in [5.74, 6) is 1.05. The average Bonchev–Trinajstić information content (AvgIpc) is 2.60. The van der Waals surface area contributed by atoms with Crippen LogP contribution >= 0.6 is 0 Å². The first-order valence-electron chi connectivity index (χ1n) is 7.99. The molecule has 0 saturated carbocycles. The highest BCUT2D eigenvalue weighted by Gasteiger charge is 2.35. The Bertz CT molecular complexity index is 693. The molecule has 5 unspecified atom stereocenters. The Morgan fingerprint density at radius 1 is 0.727 bits per heavy atom. The van der Waals surface area contributed by atoms with Crippen LogP contribution in [0.3, 0.4) is 0 Å². The fourth-order valence-corrected chi connectivity index (χ4v) is 3.87. The number of fused-ring (bicyclic) bond motifs is 2. The van der Waals surface area contributed by atoms with Crippen molar-refractivity contribution >= 4 is 0 Å². The lowest BCUT2D eigenvalue weighted by molar-refractivity contribution is 0.139. The van der Waals surface area contributed by atoms with Crippen LogP contribution in [-0.2, 0) is 0 Å². The van der Waals surface area contributed by atoms with Crippen molar-refractivity contribution in [1.29, 1.82) is 0 Å². The SMILES string of the molecule is OC(C1=CC=CC2C=CC=CC12)C1C=CC=C2C=CC=CC21. The molecular weight excluding hydrogens is 268 g/mol. The van der Waals surface area contributed by atoms with Gasteiger partial charge in [0.1, 0.15) is 0 Å². The highest BCUT2D eigenvalue weighted by molar-refractivity contribution is 5.43. The number of aliphatic hydroxyl groups is 1. The van der Waals surface area contributed by atoms with Crippen LogP contribution in [0.5, 0.6) is 0 Å². The number of aliphatic hydroxyl groups excluding tert-OH is 1. The molecule has 0 aromatic rings. The van der Waals surface area contributed by atoms with E-state index in [1.165, 1.54) is 5.57 Å². The molecule has 4 aliphatic rings. The third kappa shape index (κ3) is 2.22. The Labute approximate surface area is 131 Å². The first-order chi connectivity index (χ1) is 10.8. The highest BCUT2D eigenvalue weighted by atomic mass is 16.3. The van der Waals surface area contributed by atoms with Crippen LogP contribution < -0.4 is 0 Å². The molecule has 0 fully saturated rings. The molecule has 1 heteroatoms. The molecule has 0 aliphatic heterocycles. The van der Waals surface area contributed by atoms with E-state index in [-0.39, 0.29) is 17.8 Å². The minimum absolute atomic E-state index is 0.110. The van der Waals surface area contributed by atoms with Crippen molar-refractivity contribution in [2.75, 3.05) is 0 Å². The van der Waals surface area contributed by atoms with Crippen LogP contribution in [0, 0.1) is 23.7 Å². The average molecular weight is 288 g/mol. The Morgan fingerprint density at radius 3 is 2.41 bits per heavy atom. The van der Waals surface area contributed by atoms with Gasteiger partial charge in [-0.15, -0.1) is 0 Å². The summed E-state index contributed by atoms with van der Waals surface area (Å²) in [7, 11) is 0. The number of rotatable bonds is 2. The predicted octanol–water partition coefficient (Wildman–Crippen LogP) is 4.06. The zero-order valence-electron chi connectivity index (χ0n) is 12.4. The molecule has 22 heavy (non-hydrogen) atoms. The zero-order valence-corrected chi connectivity index (χ0v) is 12.4. The zero-order chi connectivity index (χ0) is 14.9. The fourth-order valence-electron chi connectivity index (χ4n) is 3.87. The molecule has 0 spiro atoms. The molecule has 0 aromatic carbocycles. The van der Waals surface area contributed by atoms with E-state index in [1.807, 2.05) is 0 Å². The largest absolute Gasteiger partial charge is 0.388 e. The van der Waals surface area contributed by atoms with Gasteiger partial charge in [0.15, 0.2) is 0 Å². The summed E-state index contributed by atoms with van der Waals surface area (Å²) in [5.41, 5.74) is 2.42. The van der Waals surface area contributed by atoms with E-state index in [4.69, 9.17) is 0 Å². The van der Waals surface area contributed by atoms with Crippen molar-refractivity contribution in [3.8, 4) is 0 Å². The second-order valence-corrected chi connectivity index (χ2v) is 6.27. The summed E-state index contributed by atoms with van der Waals surface area (Å²) >= 11 is 0. The van der Waals surface area contributed by atoms with Gasteiger partial charge in [-0.3, -0.25) is 0 Å². The van der Waals surface area contributed by atoms with E-state index < -0.39 is 6.10 Å². The van der Waals surface area contributed by atoms with E-state index in [2.05, 4.69) is 85.1 Å². The van der Waals surface area contributed by atoms with Crippen LogP contribution in [0.2, 0.25) is 0 Å². The maximum absolute atomic E-state index is 11.1. The molecule has 4 aliphatic carbocycles. The highest BCUT2D eigenvalue weighted by Crippen LogP contribution is 2.40. The Kier molecular flexibility index (Phi) is 3.44. The minimum atomic E-state index is -0.449. The lowest BCUT2D eigenvalue weighted by atomic mass is 9.70. The van der Waals surface area contributed by atoms with E-state index in [0.29, 0.717) is 5.92 Å². The van der Waals surface area contributed by atoms with Gasteiger partial charge in [0.2, 0.25) is 0 Å². The predicted molar refractivity (Wildman–Crippen MR) is 91.0 cm³/mol. The Morgan fingerprint density at radius 2 is 1.45 bits per heavy atom. The molecule has 0 radical (unpaired) electrons. The van der Waals surface area contributed by atoms with Crippen LogP contribution in [0.25, 0.3) is 0 Å². The topological polar surface area (TPSA) is 20.2 Å². The van der Waals surface area contributed by atoms with Crippen LogP contribution in [0.4, 0.5) is 0 Å². The lowest BCUT2D eigenvalue weighted by Crippen LogP contribution is -2.34. The van der Waals surface area contributed by atoms with Crippen molar-refractivity contribution in [3.05, 3.63) is 96.2 Å². The molecule has 0 heterocycles. The second-order valence-electron chi connectivity index (χ2n) is 6.27. The summed E-state index contributed by atoms with van der Waals surface area (Å²) in [6.45, 7) is 0. The molecule has 5 atom stereocenters. The fraction of sp³-hybridized carbons (Fsp3) is 0.238. The van der Waals surface area contributed by atoms with Gasteiger partial charge in [-0.25, -0.2) is 0 Å². The van der Waals surface area contributed by atoms with E-state index in [1.54, 1.807) is 0 Å². The molecule has 110 valence electrons. The van der Waals surface area contributed by atoms with E-state index >= 15 is 0 Å². The summed E-state index contributed by atoms with van der Waals surface area (Å²) < 4.78 is 0. The van der Waals surface area contributed by atoms with Gasteiger partial charge in [0.05, 0.1) is 6.10 Å². The van der Waals surface area contributed by atoms with E-state index in [0.717, 1.165) is 5.57 Å². The third-order valence-corrected chi connectivity index (χ3v) is 5.03. The lowest BCUT2D eigenvalue weighted by Gasteiger charge is -2.36. The molecule has 4 rings (SSSR count). The molecule has 1 N–H and O–H groups in total. The Balaban J connectivity index is 1.63. The molecule has 0 aromatic heterocycles. The maximum atomic E-state index is 11.1. The molecule has 1 nitrogen and oxygen atoms in total. The van der Waals surface area contributed by atoms with Gasteiger partial charge < -0.3 is 5.11 Å². The van der Waals surface area contributed by atoms with Crippen LogP contribution in [0.1, 0.15) is 0 Å². The van der Waals surface area contributed by atoms with Crippen molar-refractivity contribution in [3.63, 3.8) is 0 Å². The normalized spacial score (nSPS) is 35.7. The van der Waals surface area contributed by atoms with Crippen LogP contribution in [-0.4, -0.2) is 11.2 Å². The molecule has 0 amide bonds. The smallest absolute Gasteiger partial charge is 0.0830 e. The first-order valence-corrected chi connectivity index (χ1v) is 7.99. The molecule has 0 saturated heterocycles. The van der Waals surface area contributed by atoms with Gasteiger partial charge in [-0.1, -0.05) is 85.1 Å².